The highest BCUT2D eigenvalue weighted by Crippen LogP contribution is 1.85. The summed E-state index contributed by atoms with van der Waals surface area (Å²) in [5.74, 6) is 8.28. The molecule has 0 heterocycles. The minimum Gasteiger partial charge on any atom is -0.453 e. The highest BCUT2D eigenvalue weighted by Gasteiger charge is 2.04. The molecule has 0 radical (unpaired) electrons. The molecule has 0 saturated carbocycles. The van der Waals surface area contributed by atoms with Gasteiger partial charge in [-0.2, -0.15) is 0 Å². The SMILES string of the molecule is C#CCN(C)CC#CCN(C)C(=O)OC. The normalized spacial score (nSPS) is 8.73. The van der Waals surface area contributed by atoms with Crippen LogP contribution in [0.4, 0.5) is 4.79 Å². The Labute approximate surface area is 91.2 Å². The van der Waals surface area contributed by atoms with E-state index < -0.39 is 0 Å². The Morgan fingerprint density at radius 3 is 2.40 bits per heavy atom. The van der Waals surface area contributed by atoms with Crippen LogP contribution in [0, 0.1) is 24.2 Å². The van der Waals surface area contributed by atoms with Gasteiger partial charge in [0.2, 0.25) is 0 Å². The van der Waals surface area contributed by atoms with E-state index in [1.54, 1.807) is 7.05 Å². The lowest BCUT2D eigenvalue weighted by molar-refractivity contribution is 0.138. The van der Waals surface area contributed by atoms with Crippen LogP contribution < -0.4 is 0 Å². The van der Waals surface area contributed by atoms with E-state index in [0.717, 1.165) is 0 Å². The molecule has 0 atom stereocenters. The monoisotopic (exact) mass is 208 g/mol. The lowest BCUT2D eigenvalue weighted by atomic mass is 10.5. The number of nitrogens with zero attached hydrogens (tertiary/aromatic N) is 2. The average molecular weight is 208 g/mol. The van der Waals surface area contributed by atoms with Crippen molar-refractivity contribution in [3.63, 3.8) is 0 Å². The molecule has 4 nitrogen and oxygen atoms in total. The lowest BCUT2D eigenvalue weighted by Crippen LogP contribution is -2.26. The number of ether oxygens (including phenoxy) is 1. The quantitative estimate of drug-likeness (QED) is 0.623. The molecule has 0 aromatic rings. The van der Waals surface area contributed by atoms with Gasteiger partial charge in [-0.25, -0.2) is 4.79 Å². The molecule has 0 aromatic heterocycles. The zero-order valence-electron chi connectivity index (χ0n) is 9.41. The predicted molar refractivity (Wildman–Crippen MR) is 59.1 cm³/mol. The van der Waals surface area contributed by atoms with Crippen LogP contribution in [-0.2, 0) is 4.74 Å². The lowest BCUT2D eigenvalue weighted by Gasteiger charge is -2.11. The van der Waals surface area contributed by atoms with Crippen molar-refractivity contribution >= 4 is 6.09 Å². The van der Waals surface area contributed by atoms with E-state index in [1.807, 2.05) is 11.9 Å². The summed E-state index contributed by atoms with van der Waals surface area (Å²) in [6.07, 6.45) is 4.74. The molecule has 82 valence electrons. The van der Waals surface area contributed by atoms with Crippen LogP contribution in [0.3, 0.4) is 0 Å². The largest absolute Gasteiger partial charge is 0.453 e. The van der Waals surface area contributed by atoms with Crippen molar-refractivity contribution in [1.29, 1.82) is 0 Å². The van der Waals surface area contributed by atoms with Crippen molar-refractivity contribution < 1.29 is 9.53 Å². The molecule has 0 fully saturated rings. The number of hydrogen-bond donors (Lipinski definition) is 0. The van der Waals surface area contributed by atoms with Crippen molar-refractivity contribution in [2.45, 2.75) is 0 Å². The number of methoxy groups -OCH3 is 1. The smallest absolute Gasteiger partial charge is 0.410 e. The summed E-state index contributed by atoms with van der Waals surface area (Å²) in [5.41, 5.74) is 0. The van der Waals surface area contributed by atoms with Gasteiger partial charge in [-0.3, -0.25) is 4.90 Å². The summed E-state index contributed by atoms with van der Waals surface area (Å²) in [6.45, 7) is 1.53. The van der Waals surface area contributed by atoms with E-state index in [4.69, 9.17) is 6.42 Å². The third-order valence-corrected chi connectivity index (χ3v) is 1.64. The Bertz CT molecular complexity index is 296. The van der Waals surface area contributed by atoms with Crippen LogP contribution in [0.2, 0.25) is 0 Å². The van der Waals surface area contributed by atoms with Gasteiger partial charge in [0.25, 0.3) is 0 Å². The molecule has 0 saturated heterocycles. The van der Waals surface area contributed by atoms with Crippen LogP contribution in [0.25, 0.3) is 0 Å². The zero-order valence-corrected chi connectivity index (χ0v) is 9.41. The minimum absolute atomic E-state index is 0.358. The molecule has 0 rings (SSSR count). The van der Waals surface area contributed by atoms with Gasteiger partial charge in [0.05, 0.1) is 26.7 Å². The number of amides is 1. The van der Waals surface area contributed by atoms with Crippen molar-refractivity contribution in [2.24, 2.45) is 0 Å². The van der Waals surface area contributed by atoms with Gasteiger partial charge in [-0.05, 0) is 7.05 Å². The summed E-state index contributed by atoms with van der Waals surface area (Å²) in [5, 5.41) is 0. The van der Waals surface area contributed by atoms with Gasteiger partial charge in [0, 0.05) is 7.05 Å². The fourth-order valence-electron chi connectivity index (χ4n) is 0.797. The van der Waals surface area contributed by atoms with Crippen molar-refractivity contribution in [3.8, 4) is 24.2 Å². The molecule has 4 heteroatoms. The van der Waals surface area contributed by atoms with E-state index in [-0.39, 0.29) is 6.09 Å². The molecular weight excluding hydrogens is 192 g/mol. The van der Waals surface area contributed by atoms with E-state index in [1.165, 1.54) is 12.0 Å². The third-order valence-electron chi connectivity index (χ3n) is 1.64. The molecule has 0 unspecified atom stereocenters. The second-order valence-electron chi connectivity index (χ2n) is 3.06. The Balaban J connectivity index is 3.81. The molecule has 0 aliphatic carbocycles. The zero-order chi connectivity index (χ0) is 11.7. The number of carbonyl (C=O) groups excluding carboxylic acids is 1. The van der Waals surface area contributed by atoms with E-state index in [0.29, 0.717) is 19.6 Å². The van der Waals surface area contributed by atoms with Crippen LogP contribution in [-0.4, -0.2) is 56.7 Å². The van der Waals surface area contributed by atoms with Gasteiger partial charge >= 0.3 is 6.09 Å². The number of carbonyl (C=O) groups is 1. The first-order chi connectivity index (χ1) is 7.11. The molecule has 15 heavy (non-hydrogen) atoms. The van der Waals surface area contributed by atoms with Crippen LogP contribution >= 0.6 is 0 Å². The summed E-state index contributed by atoms with van der Waals surface area (Å²) in [6, 6.07) is 0. The summed E-state index contributed by atoms with van der Waals surface area (Å²) in [4.78, 5) is 14.2. The molecule has 0 bridgehead atoms. The summed E-state index contributed by atoms with van der Waals surface area (Å²) >= 11 is 0. The molecule has 0 aliphatic rings. The van der Waals surface area contributed by atoms with E-state index in [2.05, 4.69) is 22.5 Å². The maximum absolute atomic E-state index is 10.9. The van der Waals surface area contributed by atoms with Gasteiger partial charge in [-0.1, -0.05) is 17.8 Å². The van der Waals surface area contributed by atoms with Crippen molar-refractivity contribution in [1.82, 2.24) is 9.80 Å². The van der Waals surface area contributed by atoms with E-state index in [9.17, 15) is 4.79 Å². The number of rotatable bonds is 3. The second kappa shape index (κ2) is 7.73. The number of hydrogen-bond acceptors (Lipinski definition) is 3. The topological polar surface area (TPSA) is 32.8 Å². The van der Waals surface area contributed by atoms with Gasteiger partial charge in [0.1, 0.15) is 0 Å². The maximum Gasteiger partial charge on any atom is 0.410 e. The maximum atomic E-state index is 10.9. The molecule has 0 spiro atoms. The molecule has 0 N–H and O–H groups in total. The fourth-order valence-corrected chi connectivity index (χ4v) is 0.797. The first-order valence-electron chi connectivity index (χ1n) is 4.48. The van der Waals surface area contributed by atoms with Gasteiger partial charge in [0.15, 0.2) is 0 Å². The standard InChI is InChI=1S/C11H16N2O2/c1-5-8-12(2)9-6-7-10-13(3)11(14)15-4/h1H,8-10H2,2-4H3. The summed E-state index contributed by atoms with van der Waals surface area (Å²) in [7, 11) is 4.86. The Morgan fingerprint density at radius 1 is 1.27 bits per heavy atom. The number of terminal acetylenes is 1. The second-order valence-corrected chi connectivity index (χ2v) is 3.06. The van der Waals surface area contributed by atoms with Crippen LogP contribution in [0.5, 0.6) is 0 Å². The highest BCUT2D eigenvalue weighted by atomic mass is 16.5. The van der Waals surface area contributed by atoms with E-state index >= 15 is 0 Å². The minimum atomic E-state index is -0.388. The Kier molecular flexibility index (Phi) is 6.88. The average Bonchev–Trinajstić information content (AvgIpc) is 2.23. The highest BCUT2D eigenvalue weighted by molar-refractivity contribution is 5.67. The summed E-state index contributed by atoms with van der Waals surface area (Å²) < 4.78 is 4.51. The first kappa shape index (κ1) is 13.4. The van der Waals surface area contributed by atoms with Crippen molar-refractivity contribution in [2.75, 3.05) is 40.8 Å². The van der Waals surface area contributed by atoms with Gasteiger partial charge < -0.3 is 9.64 Å². The molecule has 0 aromatic carbocycles. The molecular formula is C11H16N2O2. The Hall–Kier alpha value is -1.65. The van der Waals surface area contributed by atoms with Crippen molar-refractivity contribution in [3.05, 3.63) is 0 Å². The molecule has 0 aliphatic heterocycles. The van der Waals surface area contributed by atoms with Crippen LogP contribution in [0.1, 0.15) is 0 Å². The van der Waals surface area contributed by atoms with Crippen LogP contribution in [0.15, 0.2) is 0 Å². The first-order valence-corrected chi connectivity index (χ1v) is 4.48. The third kappa shape index (κ3) is 6.42. The van der Waals surface area contributed by atoms with Gasteiger partial charge in [-0.15, -0.1) is 6.42 Å². The Morgan fingerprint density at radius 2 is 1.87 bits per heavy atom. The fraction of sp³-hybridized carbons (Fsp3) is 0.545. The predicted octanol–water partition coefficient (Wildman–Crippen LogP) is 0.253. The molecule has 1 amide bonds.